The number of fused-ring (bicyclic) bond motifs is 1. The standard InChI is InChI=1S/C22H32FN5/c1-15(12-20(24)17-4-3-5-18(23)13-17)27-10-7-19(8-11-27)28-16(2)26-21-14-25-9-6-22(21)28/h3-5,13,15,19-20,25H,6-12,14,24H2,1-2H3/t15?,20-/m0/s1. The summed E-state index contributed by atoms with van der Waals surface area (Å²) in [7, 11) is 0. The van der Waals surface area contributed by atoms with Crippen molar-refractivity contribution < 1.29 is 4.39 Å². The van der Waals surface area contributed by atoms with Crippen molar-refractivity contribution in [2.24, 2.45) is 5.73 Å². The lowest BCUT2D eigenvalue weighted by molar-refractivity contribution is 0.131. The number of likely N-dealkylation sites (tertiary alicyclic amines) is 1. The predicted octanol–water partition coefficient (Wildman–Crippen LogP) is 3.09. The molecule has 0 spiro atoms. The number of hydrogen-bond donors (Lipinski definition) is 2. The summed E-state index contributed by atoms with van der Waals surface area (Å²) in [5, 5.41) is 3.42. The molecule has 6 heteroatoms. The van der Waals surface area contributed by atoms with Crippen LogP contribution in [0.4, 0.5) is 4.39 Å². The molecule has 5 nitrogen and oxygen atoms in total. The maximum absolute atomic E-state index is 13.5. The van der Waals surface area contributed by atoms with Gasteiger partial charge in [0.05, 0.1) is 5.69 Å². The van der Waals surface area contributed by atoms with Crippen molar-refractivity contribution >= 4 is 0 Å². The number of halogens is 1. The van der Waals surface area contributed by atoms with E-state index >= 15 is 0 Å². The SMILES string of the molecule is Cc1nc2c(n1C1CCN(C(C)C[C@H](N)c3cccc(F)c3)CC1)CCNC2. The van der Waals surface area contributed by atoms with Gasteiger partial charge in [0, 0.05) is 56.4 Å². The number of nitrogens with two attached hydrogens (primary N) is 1. The average molecular weight is 386 g/mol. The fourth-order valence-electron chi connectivity index (χ4n) is 4.93. The highest BCUT2D eigenvalue weighted by Gasteiger charge is 2.28. The maximum atomic E-state index is 13.5. The van der Waals surface area contributed by atoms with Crippen molar-refractivity contribution in [2.75, 3.05) is 19.6 Å². The van der Waals surface area contributed by atoms with E-state index in [1.807, 2.05) is 6.07 Å². The highest BCUT2D eigenvalue weighted by molar-refractivity contribution is 5.21. The Morgan fingerprint density at radius 1 is 1.32 bits per heavy atom. The summed E-state index contributed by atoms with van der Waals surface area (Å²) in [6.07, 6.45) is 4.22. The number of nitrogens with one attached hydrogen (secondary N) is 1. The molecule has 0 saturated carbocycles. The summed E-state index contributed by atoms with van der Waals surface area (Å²) >= 11 is 0. The summed E-state index contributed by atoms with van der Waals surface area (Å²) in [4.78, 5) is 7.34. The van der Waals surface area contributed by atoms with Crippen LogP contribution in [-0.2, 0) is 13.0 Å². The van der Waals surface area contributed by atoms with Gasteiger partial charge in [0.15, 0.2) is 0 Å². The second kappa shape index (κ2) is 8.31. The third-order valence-corrected chi connectivity index (χ3v) is 6.46. The molecule has 2 atom stereocenters. The Morgan fingerprint density at radius 2 is 2.11 bits per heavy atom. The van der Waals surface area contributed by atoms with Crippen molar-refractivity contribution in [1.29, 1.82) is 0 Å². The summed E-state index contributed by atoms with van der Waals surface area (Å²) in [6, 6.07) is 7.51. The van der Waals surface area contributed by atoms with Crippen LogP contribution in [0.25, 0.3) is 0 Å². The quantitative estimate of drug-likeness (QED) is 0.830. The molecular formula is C22H32FN5. The lowest BCUT2D eigenvalue weighted by Gasteiger charge is -2.38. The number of aromatic nitrogens is 2. The largest absolute Gasteiger partial charge is 0.329 e. The van der Waals surface area contributed by atoms with Crippen LogP contribution in [0.3, 0.4) is 0 Å². The third-order valence-electron chi connectivity index (χ3n) is 6.46. The van der Waals surface area contributed by atoms with Crippen LogP contribution in [-0.4, -0.2) is 40.1 Å². The molecule has 2 aliphatic rings. The van der Waals surface area contributed by atoms with Crippen LogP contribution < -0.4 is 11.1 Å². The molecule has 1 fully saturated rings. The summed E-state index contributed by atoms with van der Waals surface area (Å²) in [5.41, 5.74) is 9.92. The Labute approximate surface area is 167 Å². The van der Waals surface area contributed by atoms with Gasteiger partial charge in [-0.3, -0.25) is 0 Å². The van der Waals surface area contributed by atoms with Gasteiger partial charge in [0.25, 0.3) is 0 Å². The van der Waals surface area contributed by atoms with Crippen molar-refractivity contribution in [3.63, 3.8) is 0 Å². The molecule has 0 aliphatic carbocycles. The van der Waals surface area contributed by atoms with Gasteiger partial charge >= 0.3 is 0 Å². The number of imidazole rings is 1. The topological polar surface area (TPSA) is 59.1 Å². The highest BCUT2D eigenvalue weighted by Crippen LogP contribution is 2.30. The number of piperidine rings is 1. The lowest BCUT2D eigenvalue weighted by Crippen LogP contribution is -2.42. The van der Waals surface area contributed by atoms with Crippen molar-refractivity contribution in [2.45, 2.75) is 64.2 Å². The van der Waals surface area contributed by atoms with Gasteiger partial charge in [-0.15, -0.1) is 0 Å². The molecule has 28 heavy (non-hydrogen) atoms. The van der Waals surface area contributed by atoms with E-state index in [0.717, 1.165) is 63.3 Å². The fraction of sp³-hybridized carbons (Fsp3) is 0.591. The summed E-state index contributed by atoms with van der Waals surface area (Å²) < 4.78 is 16.0. The molecule has 1 saturated heterocycles. The molecule has 3 heterocycles. The zero-order valence-corrected chi connectivity index (χ0v) is 17.0. The molecule has 2 aliphatic heterocycles. The first-order valence-corrected chi connectivity index (χ1v) is 10.6. The fourth-order valence-corrected chi connectivity index (χ4v) is 4.93. The zero-order chi connectivity index (χ0) is 19.7. The van der Waals surface area contributed by atoms with Gasteiger partial charge < -0.3 is 20.5 Å². The molecule has 2 aromatic rings. The monoisotopic (exact) mass is 385 g/mol. The first-order chi connectivity index (χ1) is 13.5. The van der Waals surface area contributed by atoms with Gasteiger partial charge in [-0.2, -0.15) is 0 Å². The molecule has 1 aromatic carbocycles. The Bertz CT molecular complexity index is 809. The average Bonchev–Trinajstić information content (AvgIpc) is 3.03. The zero-order valence-electron chi connectivity index (χ0n) is 17.0. The number of rotatable bonds is 5. The highest BCUT2D eigenvalue weighted by atomic mass is 19.1. The van der Waals surface area contributed by atoms with E-state index in [9.17, 15) is 4.39 Å². The van der Waals surface area contributed by atoms with E-state index in [1.54, 1.807) is 12.1 Å². The van der Waals surface area contributed by atoms with Gasteiger partial charge in [-0.05, 0) is 50.8 Å². The Morgan fingerprint density at radius 3 is 2.86 bits per heavy atom. The van der Waals surface area contributed by atoms with Gasteiger partial charge in [0.2, 0.25) is 0 Å². The number of nitrogens with zero attached hydrogens (tertiary/aromatic N) is 3. The Balaban J connectivity index is 1.36. The molecule has 1 unspecified atom stereocenters. The van der Waals surface area contributed by atoms with Crippen LogP contribution in [0, 0.1) is 12.7 Å². The second-order valence-electron chi connectivity index (χ2n) is 8.36. The minimum Gasteiger partial charge on any atom is -0.329 e. The van der Waals surface area contributed by atoms with E-state index in [0.29, 0.717) is 12.1 Å². The Hall–Kier alpha value is -1.76. The molecule has 3 N–H and O–H groups in total. The van der Waals surface area contributed by atoms with Crippen molar-refractivity contribution in [3.8, 4) is 0 Å². The van der Waals surface area contributed by atoms with Crippen LogP contribution in [0.15, 0.2) is 24.3 Å². The number of benzene rings is 1. The van der Waals surface area contributed by atoms with Crippen LogP contribution in [0.5, 0.6) is 0 Å². The second-order valence-corrected chi connectivity index (χ2v) is 8.36. The van der Waals surface area contributed by atoms with E-state index in [2.05, 4.69) is 28.6 Å². The third kappa shape index (κ3) is 4.00. The molecule has 4 rings (SSSR count). The van der Waals surface area contributed by atoms with Crippen LogP contribution in [0.1, 0.15) is 61.0 Å². The summed E-state index contributed by atoms with van der Waals surface area (Å²) in [6.45, 7) is 8.49. The molecule has 1 aromatic heterocycles. The van der Waals surface area contributed by atoms with Crippen molar-refractivity contribution in [3.05, 3.63) is 52.9 Å². The summed E-state index contributed by atoms with van der Waals surface area (Å²) in [5.74, 6) is 0.948. The minimum absolute atomic E-state index is 0.126. The van der Waals surface area contributed by atoms with Crippen LogP contribution in [0.2, 0.25) is 0 Å². The van der Waals surface area contributed by atoms with Gasteiger partial charge in [-0.25, -0.2) is 9.37 Å². The number of hydrogen-bond acceptors (Lipinski definition) is 4. The number of aryl methyl sites for hydroxylation is 1. The molecule has 0 radical (unpaired) electrons. The molecule has 0 bridgehead atoms. The smallest absolute Gasteiger partial charge is 0.123 e. The molecule has 0 amide bonds. The van der Waals surface area contributed by atoms with E-state index in [1.165, 1.54) is 17.5 Å². The normalized spacial score (nSPS) is 20.7. The van der Waals surface area contributed by atoms with Gasteiger partial charge in [0.1, 0.15) is 11.6 Å². The van der Waals surface area contributed by atoms with E-state index < -0.39 is 0 Å². The maximum Gasteiger partial charge on any atom is 0.123 e. The molecular weight excluding hydrogens is 353 g/mol. The predicted molar refractivity (Wildman–Crippen MR) is 110 cm³/mol. The van der Waals surface area contributed by atoms with E-state index in [4.69, 9.17) is 10.7 Å². The lowest BCUT2D eigenvalue weighted by atomic mass is 9.97. The van der Waals surface area contributed by atoms with E-state index in [-0.39, 0.29) is 11.9 Å². The Kier molecular flexibility index (Phi) is 5.80. The molecule has 152 valence electrons. The van der Waals surface area contributed by atoms with Crippen molar-refractivity contribution in [1.82, 2.24) is 19.8 Å². The minimum atomic E-state index is -0.212. The first-order valence-electron chi connectivity index (χ1n) is 10.6. The van der Waals surface area contributed by atoms with Gasteiger partial charge in [-0.1, -0.05) is 12.1 Å². The van der Waals surface area contributed by atoms with Crippen LogP contribution >= 0.6 is 0 Å². The first kappa shape index (κ1) is 19.6.